The molecular weight excluding hydrogens is 332 g/mol. The smallest absolute Gasteiger partial charge is 0.261 e. The standard InChI is InChI=1S/C20H24N2O2S/c1-13-7-10-18(25-13)20(24)21-12-19(23)22-14(2)16-9-8-15-5-3-4-6-17(15)11-16/h7-11,14H,3-6,12H2,1-2H3,(H,21,24)(H,22,23). The van der Waals surface area contributed by atoms with E-state index in [1.54, 1.807) is 6.07 Å². The largest absolute Gasteiger partial charge is 0.348 e. The lowest BCUT2D eigenvalue weighted by Gasteiger charge is -2.20. The number of rotatable bonds is 5. The Kier molecular flexibility index (Phi) is 5.53. The van der Waals surface area contributed by atoms with Gasteiger partial charge in [-0.3, -0.25) is 9.59 Å². The summed E-state index contributed by atoms with van der Waals surface area (Å²) in [5, 5.41) is 5.64. The van der Waals surface area contributed by atoms with Crippen LogP contribution in [0, 0.1) is 6.92 Å². The summed E-state index contributed by atoms with van der Waals surface area (Å²) in [5.74, 6) is -0.374. The summed E-state index contributed by atoms with van der Waals surface area (Å²) in [6, 6.07) is 10.1. The van der Waals surface area contributed by atoms with E-state index in [1.807, 2.05) is 19.9 Å². The van der Waals surface area contributed by atoms with Gasteiger partial charge in [-0.1, -0.05) is 18.2 Å². The topological polar surface area (TPSA) is 58.2 Å². The minimum atomic E-state index is -0.199. The third-order valence-electron chi connectivity index (χ3n) is 4.62. The van der Waals surface area contributed by atoms with Crippen LogP contribution in [0.1, 0.15) is 57.0 Å². The highest BCUT2D eigenvalue weighted by Gasteiger charge is 2.15. The minimum absolute atomic E-state index is 0.00887. The van der Waals surface area contributed by atoms with Crippen molar-refractivity contribution in [3.63, 3.8) is 0 Å². The zero-order chi connectivity index (χ0) is 17.8. The molecule has 1 aromatic carbocycles. The number of hydrogen-bond donors (Lipinski definition) is 2. The van der Waals surface area contributed by atoms with Gasteiger partial charge in [0.25, 0.3) is 5.91 Å². The van der Waals surface area contributed by atoms with Gasteiger partial charge in [-0.2, -0.15) is 0 Å². The monoisotopic (exact) mass is 356 g/mol. The van der Waals surface area contributed by atoms with Crippen LogP contribution in [0.15, 0.2) is 30.3 Å². The Bertz CT molecular complexity index is 782. The van der Waals surface area contributed by atoms with Crippen molar-refractivity contribution < 1.29 is 9.59 Å². The second kappa shape index (κ2) is 7.83. The molecule has 0 bridgehead atoms. The van der Waals surface area contributed by atoms with E-state index in [4.69, 9.17) is 0 Å². The summed E-state index contributed by atoms with van der Waals surface area (Å²) in [7, 11) is 0. The first-order chi connectivity index (χ1) is 12.0. The Morgan fingerprint density at radius 1 is 1.12 bits per heavy atom. The van der Waals surface area contributed by atoms with Crippen molar-refractivity contribution in [3.05, 3.63) is 56.8 Å². The van der Waals surface area contributed by atoms with Gasteiger partial charge < -0.3 is 10.6 Å². The van der Waals surface area contributed by atoms with Gasteiger partial charge in [-0.15, -0.1) is 11.3 Å². The molecule has 1 atom stereocenters. The van der Waals surface area contributed by atoms with Crippen LogP contribution in [0.2, 0.25) is 0 Å². The van der Waals surface area contributed by atoms with Gasteiger partial charge in [-0.25, -0.2) is 0 Å². The molecule has 0 fully saturated rings. The van der Waals surface area contributed by atoms with Crippen LogP contribution in [0.3, 0.4) is 0 Å². The molecule has 2 amide bonds. The molecule has 132 valence electrons. The molecule has 25 heavy (non-hydrogen) atoms. The normalized spacial score (nSPS) is 14.5. The molecule has 1 heterocycles. The van der Waals surface area contributed by atoms with E-state index < -0.39 is 0 Å². The number of thiophene rings is 1. The van der Waals surface area contributed by atoms with Crippen LogP contribution in [0.5, 0.6) is 0 Å². The molecule has 5 heteroatoms. The molecule has 4 nitrogen and oxygen atoms in total. The Morgan fingerprint density at radius 2 is 1.88 bits per heavy atom. The van der Waals surface area contributed by atoms with E-state index in [-0.39, 0.29) is 24.4 Å². The number of nitrogens with one attached hydrogen (secondary N) is 2. The maximum absolute atomic E-state index is 12.1. The van der Waals surface area contributed by atoms with Gasteiger partial charge in [0.05, 0.1) is 17.5 Å². The predicted octanol–water partition coefficient (Wildman–Crippen LogP) is 3.54. The number of carbonyl (C=O) groups is 2. The zero-order valence-electron chi connectivity index (χ0n) is 14.7. The fourth-order valence-electron chi connectivity index (χ4n) is 3.20. The summed E-state index contributed by atoms with van der Waals surface area (Å²) < 4.78 is 0. The van der Waals surface area contributed by atoms with Gasteiger partial charge in [0, 0.05) is 4.88 Å². The predicted molar refractivity (Wildman–Crippen MR) is 101 cm³/mol. The average molecular weight is 356 g/mol. The average Bonchev–Trinajstić information content (AvgIpc) is 3.05. The lowest BCUT2D eigenvalue weighted by atomic mass is 9.89. The fourth-order valence-corrected chi connectivity index (χ4v) is 3.99. The molecule has 2 aromatic rings. The van der Waals surface area contributed by atoms with E-state index in [2.05, 4.69) is 28.8 Å². The molecule has 0 saturated carbocycles. The van der Waals surface area contributed by atoms with Crippen LogP contribution in [0.4, 0.5) is 0 Å². The van der Waals surface area contributed by atoms with Crippen LogP contribution >= 0.6 is 11.3 Å². The second-order valence-electron chi connectivity index (χ2n) is 6.62. The molecule has 0 radical (unpaired) electrons. The molecule has 1 aliphatic rings. The van der Waals surface area contributed by atoms with Crippen molar-refractivity contribution in [2.45, 2.75) is 45.6 Å². The summed E-state index contributed by atoms with van der Waals surface area (Å²) in [6.45, 7) is 3.92. The molecule has 1 aromatic heterocycles. The fraction of sp³-hybridized carbons (Fsp3) is 0.400. The van der Waals surface area contributed by atoms with Crippen molar-refractivity contribution in [1.29, 1.82) is 0 Å². The maximum atomic E-state index is 12.1. The number of amides is 2. The van der Waals surface area contributed by atoms with Crippen molar-refractivity contribution >= 4 is 23.2 Å². The summed E-state index contributed by atoms with van der Waals surface area (Å²) in [4.78, 5) is 25.8. The van der Waals surface area contributed by atoms with Gasteiger partial charge in [-0.05, 0) is 68.4 Å². The van der Waals surface area contributed by atoms with E-state index in [0.717, 1.165) is 23.3 Å². The SMILES string of the molecule is Cc1ccc(C(=O)NCC(=O)NC(C)c2ccc3c(c2)CCCC3)s1. The highest BCUT2D eigenvalue weighted by atomic mass is 32.1. The third-order valence-corrected chi connectivity index (χ3v) is 5.62. The number of fused-ring (bicyclic) bond motifs is 1. The Labute approximate surface area is 152 Å². The molecule has 1 aliphatic carbocycles. The summed E-state index contributed by atoms with van der Waals surface area (Å²) >= 11 is 1.43. The van der Waals surface area contributed by atoms with Crippen molar-refractivity contribution in [2.24, 2.45) is 0 Å². The van der Waals surface area contributed by atoms with Crippen molar-refractivity contribution in [1.82, 2.24) is 10.6 Å². The molecule has 2 N–H and O–H groups in total. The van der Waals surface area contributed by atoms with E-state index in [1.165, 1.54) is 35.3 Å². The molecule has 0 saturated heterocycles. The Morgan fingerprint density at radius 3 is 2.60 bits per heavy atom. The van der Waals surface area contributed by atoms with Crippen molar-refractivity contribution in [3.8, 4) is 0 Å². The molecule has 0 aliphatic heterocycles. The lowest BCUT2D eigenvalue weighted by molar-refractivity contribution is -0.120. The number of aryl methyl sites for hydroxylation is 3. The van der Waals surface area contributed by atoms with Gasteiger partial charge in [0.1, 0.15) is 0 Å². The van der Waals surface area contributed by atoms with Gasteiger partial charge >= 0.3 is 0 Å². The van der Waals surface area contributed by atoms with E-state index in [0.29, 0.717) is 4.88 Å². The molecular formula is C20H24N2O2S. The first-order valence-corrected chi connectivity index (χ1v) is 9.60. The Balaban J connectivity index is 1.53. The number of benzene rings is 1. The number of carbonyl (C=O) groups excluding carboxylic acids is 2. The zero-order valence-corrected chi connectivity index (χ0v) is 15.5. The Hall–Kier alpha value is -2.14. The summed E-state index contributed by atoms with van der Waals surface area (Å²) in [5.41, 5.74) is 3.97. The van der Waals surface area contributed by atoms with Crippen molar-refractivity contribution in [2.75, 3.05) is 6.54 Å². The molecule has 3 rings (SSSR count). The maximum Gasteiger partial charge on any atom is 0.261 e. The third kappa shape index (κ3) is 4.48. The highest BCUT2D eigenvalue weighted by Crippen LogP contribution is 2.24. The molecule has 0 spiro atoms. The van der Waals surface area contributed by atoms with Crippen LogP contribution in [-0.2, 0) is 17.6 Å². The van der Waals surface area contributed by atoms with E-state index >= 15 is 0 Å². The van der Waals surface area contributed by atoms with Crippen LogP contribution in [0.25, 0.3) is 0 Å². The minimum Gasteiger partial charge on any atom is -0.348 e. The van der Waals surface area contributed by atoms with Crippen LogP contribution in [-0.4, -0.2) is 18.4 Å². The quantitative estimate of drug-likeness (QED) is 0.861. The highest BCUT2D eigenvalue weighted by molar-refractivity contribution is 7.13. The second-order valence-corrected chi connectivity index (χ2v) is 7.91. The van der Waals surface area contributed by atoms with Gasteiger partial charge in [0.2, 0.25) is 5.91 Å². The molecule has 1 unspecified atom stereocenters. The van der Waals surface area contributed by atoms with Gasteiger partial charge in [0.15, 0.2) is 0 Å². The number of hydrogen-bond acceptors (Lipinski definition) is 3. The summed E-state index contributed by atoms with van der Waals surface area (Å²) in [6.07, 6.45) is 4.79. The van der Waals surface area contributed by atoms with E-state index in [9.17, 15) is 9.59 Å². The first-order valence-electron chi connectivity index (χ1n) is 8.78. The lowest BCUT2D eigenvalue weighted by Crippen LogP contribution is -2.37. The first kappa shape index (κ1) is 17.7. The van der Waals surface area contributed by atoms with Crippen LogP contribution < -0.4 is 10.6 Å².